The molecule has 2 aliphatic rings. The fourth-order valence-electron chi connectivity index (χ4n) is 5.09. The van der Waals surface area contributed by atoms with E-state index in [0.29, 0.717) is 28.3 Å². The van der Waals surface area contributed by atoms with Crippen molar-refractivity contribution in [1.82, 2.24) is 29.8 Å². The van der Waals surface area contributed by atoms with Gasteiger partial charge in [-0.2, -0.15) is 0 Å². The summed E-state index contributed by atoms with van der Waals surface area (Å²) in [5.41, 5.74) is 2.57. The average Bonchev–Trinajstić information content (AvgIpc) is 3.41. The van der Waals surface area contributed by atoms with Crippen molar-refractivity contribution in [2.75, 3.05) is 18.4 Å². The van der Waals surface area contributed by atoms with Crippen LogP contribution in [0.3, 0.4) is 0 Å². The number of hydrogen-bond donors (Lipinski definition) is 2. The van der Waals surface area contributed by atoms with E-state index < -0.39 is 11.6 Å². The van der Waals surface area contributed by atoms with Gasteiger partial charge in [0.2, 0.25) is 5.95 Å². The fraction of sp³-hybridized carbons (Fsp3) is 0.360. The molecule has 2 N–H and O–H groups in total. The minimum Gasteiger partial charge on any atom is -0.325 e. The van der Waals surface area contributed by atoms with Crippen molar-refractivity contribution in [3.05, 3.63) is 59.7 Å². The highest BCUT2D eigenvalue weighted by Gasteiger charge is 2.25. The number of nitrogens with one attached hydrogen (secondary N) is 2. The molecule has 2 aliphatic heterocycles. The summed E-state index contributed by atoms with van der Waals surface area (Å²) in [7, 11) is 0. The first-order valence-electron chi connectivity index (χ1n) is 11.7. The summed E-state index contributed by atoms with van der Waals surface area (Å²) in [5.74, 6) is 1.04. The van der Waals surface area contributed by atoms with Crippen LogP contribution >= 0.6 is 0 Å². The molecule has 6 rings (SSSR count). The number of anilines is 2. The van der Waals surface area contributed by atoms with Gasteiger partial charge in [-0.05, 0) is 69.0 Å². The lowest BCUT2D eigenvalue weighted by Crippen LogP contribution is -2.26. The highest BCUT2D eigenvalue weighted by atomic mass is 19.1. The topological polar surface area (TPSA) is 80.6 Å². The van der Waals surface area contributed by atoms with Crippen molar-refractivity contribution in [2.24, 2.45) is 0 Å². The second kappa shape index (κ2) is 8.39. The molecular weight excluding hydrogens is 436 g/mol. The number of rotatable bonds is 4. The Labute approximate surface area is 195 Å². The van der Waals surface area contributed by atoms with Crippen molar-refractivity contribution in [3.8, 4) is 11.3 Å². The Kier molecular flexibility index (Phi) is 5.21. The zero-order valence-corrected chi connectivity index (χ0v) is 18.9. The number of aromatic nitrogens is 5. The van der Waals surface area contributed by atoms with E-state index in [1.165, 1.54) is 11.6 Å². The lowest BCUT2D eigenvalue weighted by molar-refractivity contribution is 0.459. The molecule has 3 aromatic heterocycles. The van der Waals surface area contributed by atoms with Gasteiger partial charge < -0.3 is 15.2 Å². The third kappa shape index (κ3) is 3.69. The highest BCUT2D eigenvalue weighted by Crippen LogP contribution is 2.35. The molecule has 1 atom stereocenters. The molecular formula is C25H25F2N7. The van der Waals surface area contributed by atoms with Crippen LogP contribution in [-0.2, 0) is 6.42 Å². The smallest absolute Gasteiger partial charge is 0.229 e. The van der Waals surface area contributed by atoms with Gasteiger partial charge in [0.05, 0.1) is 11.7 Å². The SMILES string of the molecule is CC1CCc2nc3c(F)cc(-c4nc(Nc5ccc(C6CCNCC6)cn5)ncc4F)cc3n21. The summed E-state index contributed by atoms with van der Waals surface area (Å²) in [4.78, 5) is 17.4. The molecule has 0 radical (unpaired) electrons. The Morgan fingerprint density at radius 2 is 1.85 bits per heavy atom. The van der Waals surface area contributed by atoms with E-state index in [4.69, 9.17) is 0 Å². The largest absolute Gasteiger partial charge is 0.325 e. The third-order valence-corrected chi connectivity index (χ3v) is 6.90. The molecule has 34 heavy (non-hydrogen) atoms. The van der Waals surface area contributed by atoms with Gasteiger partial charge in [0.1, 0.15) is 22.9 Å². The second-order valence-electron chi connectivity index (χ2n) is 9.13. The van der Waals surface area contributed by atoms with E-state index in [2.05, 4.69) is 43.6 Å². The maximum atomic E-state index is 14.9. The highest BCUT2D eigenvalue weighted by molar-refractivity contribution is 5.83. The van der Waals surface area contributed by atoms with Crippen molar-refractivity contribution >= 4 is 22.8 Å². The molecule has 174 valence electrons. The molecule has 0 bridgehead atoms. The summed E-state index contributed by atoms with van der Waals surface area (Å²) >= 11 is 0. The number of imidazole rings is 1. The van der Waals surface area contributed by atoms with Crippen LogP contribution in [0.5, 0.6) is 0 Å². The average molecular weight is 462 g/mol. The molecule has 1 unspecified atom stereocenters. The van der Waals surface area contributed by atoms with Crippen molar-refractivity contribution in [1.29, 1.82) is 0 Å². The standard InChI is InChI=1S/C25H25F2N7/c1-14-2-5-22-32-24-18(26)10-17(11-20(24)34(14)22)23-19(27)13-30-25(33-23)31-21-4-3-16(12-29-21)15-6-8-28-9-7-15/h3-4,10-15,28H,2,5-9H2,1H3,(H,29,30,31,33). The zero-order valence-electron chi connectivity index (χ0n) is 18.9. The van der Waals surface area contributed by atoms with Crippen LogP contribution in [0, 0.1) is 11.6 Å². The van der Waals surface area contributed by atoms with Crippen LogP contribution in [0.4, 0.5) is 20.5 Å². The predicted octanol–water partition coefficient (Wildman–Crippen LogP) is 4.88. The van der Waals surface area contributed by atoms with Crippen LogP contribution in [0.1, 0.15) is 49.5 Å². The normalized spacial score (nSPS) is 18.4. The Morgan fingerprint density at radius 1 is 1.00 bits per heavy atom. The summed E-state index contributed by atoms with van der Waals surface area (Å²) in [5, 5.41) is 6.41. The van der Waals surface area contributed by atoms with E-state index in [-0.39, 0.29) is 17.7 Å². The first kappa shape index (κ1) is 21.1. The van der Waals surface area contributed by atoms with Crippen molar-refractivity contribution in [2.45, 2.75) is 44.6 Å². The monoisotopic (exact) mass is 461 g/mol. The summed E-state index contributed by atoms with van der Waals surface area (Å²) < 4.78 is 31.7. The van der Waals surface area contributed by atoms with Gasteiger partial charge in [-0.3, -0.25) is 0 Å². The molecule has 0 amide bonds. The Bertz CT molecular complexity index is 1360. The van der Waals surface area contributed by atoms with E-state index in [9.17, 15) is 8.78 Å². The van der Waals surface area contributed by atoms with E-state index in [1.807, 2.05) is 16.8 Å². The number of hydrogen-bond acceptors (Lipinski definition) is 6. The number of aryl methyl sites for hydroxylation is 1. The lowest BCUT2D eigenvalue weighted by Gasteiger charge is -2.22. The van der Waals surface area contributed by atoms with Crippen LogP contribution in [0.15, 0.2) is 36.7 Å². The zero-order chi connectivity index (χ0) is 23.2. The summed E-state index contributed by atoms with van der Waals surface area (Å²) in [6.45, 7) is 4.12. The van der Waals surface area contributed by atoms with Gasteiger partial charge in [-0.1, -0.05) is 6.07 Å². The Hall–Kier alpha value is -3.46. The van der Waals surface area contributed by atoms with Crippen LogP contribution in [0.2, 0.25) is 0 Å². The van der Waals surface area contributed by atoms with Crippen molar-refractivity contribution < 1.29 is 8.78 Å². The first-order valence-corrected chi connectivity index (χ1v) is 11.7. The van der Waals surface area contributed by atoms with E-state index >= 15 is 0 Å². The molecule has 5 heterocycles. The molecule has 0 saturated carbocycles. The predicted molar refractivity (Wildman–Crippen MR) is 126 cm³/mol. The molecule has 1 aromatic carbocycles. The van der Waals surface area contributed by atoms with Crippen molar-refractivity contribution in [3.63, 3.8) is 0 Å². The summed E-state index contributed by atoms with van der Waals surface area (Å²) in [6, 6.07) is 7.21. The summed E-state index contributed by atoms with van der Waals surface area (Å²) in [6.07, 6.45) is 6.93. The lowest BCUT2D eigenvalue weighted by atomic mass is 9.91. The number of pyridine rings is 1. The number of nitrogens with zero attached hydrogens (tertiary/aromatic N) is 5. The van der Waals surface area contributed by atoms with E-state index in [0.717, 1.165) is 50.8 Å². The Morgan fingerprint density at radius 3 is 2.65 bits per heavy atom. The van der Waals surface area contributed by atoms with Crippen LogP contribution < -0.4 is 10.6 Å². The van der Waals surface area contributed by atoms with Crippen LogP contribution in [-0.4, -0.2) is 37.6 Å². The minimum atomic E-state index is -0.618. The molecule has 9 heteroatoms. The maximum Gasteiger partial charge on any atom is 0.229 e. The molecule has 1 saturated heterocycles. The third-order valence-electron chi connectivity index (χ3n) is 6.90. The Balaban J connectivity index is 1.30. The second-order valence-corrected chi connectivity index (χ2v) is 9.13. The minimum absolute atomic E-state index is 0.0332. The van der Waals surface area contributed by atoms with Gasteiger partial charge in [0.25, 0.3) is 0 Å². The quantitative estimate of drug-likeness (QED) is 0.451. The van der Waals surface area contributed by atoms with Gasteiger partial charge in [0, 0.05) is 24.2 Å². The van der Waals surface area contributed by atoms with Gasteiger partial charge >= 0.3 is 0 Å². The van der Waals surface area contributed by atoms with E-state index in [1.54, 1.807) is 6.07 Å². The number of benzene rings is 1. The number of halogens is 2. The van der Waals surface area contributed by atoms with Crippen LogP contribution in [0.25, 0.3) is 22.3 Å². The number of fused-ring (bicyclic) bond motifs is 3. The maximum absolute atomic E-state index is 14.9. The van der Waals surface area contributed by atoms with Gasteiger partial charge in [-0.15, -0.1) is 0 Å². The molecule has 0 aliphatic carbocycles. The molecule has 7 nitrogen and oxygen atoms in total. The number of piperidine rings is 1. The van der Waals surface area contributed by atoms with Gasteiger partial charge in [-0.25, -0.2) is 28.7 Å². The molecule has 4 aromatic rings. The first-order chi connectivity index (χ1) is 16.6. The molecule has 1 fully saturated rings. The van der Waals surface area contributed by atoms with Gasteiger partial charge in [0.15, 0.2) is 11.6 Å². The fourth-order valence-corrected chi connectivity index (χ4v) is 5.09. The molecule has 0 spiro atoms.